The lowest BCUT2D eigenvalue weighted by Gasteiger charge is -2.12. The zero-order chi connectivity index (χ0) is 18.3. The minimum Gasteiger partial charge on any atom is -0.349 e. The van der Waals surface area contributed by atoms with Crippen LogP contribution in [0, 0.1) is 6.92 Å². The van der Waals surface area contributed by atoms with Crippen molar-refractivity contribution in [3.05, 3.63) is 59.2 Å². The fourth-order valence-corrected chi connectivity index (χ4v) is 2.89. The van der Waals surface area contributed by atoms with Gasteiger partial charge in [-0.25, -0.2) is 0 Å². The number of H-pyrrole nitrogens is 1. The molecule has 0 bridgehead atoms. The van der Waals surface area contributed by atoms with Gasteiger partial charge >= 0.3 is 6.18 Å². The fraction of sp³-hybridized carbons (Fsp3) is 0.167. The second-order valence-electron chi connectivity index (χ2n) is 6.02. The Morgan fingerprint density at radius 3 is 2.69 bits per heavy atom. The molecule has 4 aromatic rings. The van der Waals surface area contributed by atoms with E-state index >= 15 is 0 Å². The van der Waals surface area contributed by atoms with Crippen molar-refractivity contribution < 1.29 is 13.2 Å². The summed E-state index contributed by atoms with van der Waals surface area (Å²) in [5.41, 5.74) is 2.58. The second-order valence-corrected chi connectivity index (χ2v) is 6.02. The average molecular weight is 357 g/mol. The van der Waals surface area contributed by atoms with Crippen LogP contribution in [0.5, 0.6) is 0 Å². The third kappa shape index (κ3) is 2.94. The molecule has 26 heavy (non-hydrogen) atoms. The predicted octanol–water partition coefficient (Wildman–Crippen LogP) is 4.45. The number of benzene rings is 2. The highest BCUT2D eigenvalue weighted by atomic mass is 19.4. The highest BCUT2D eigenvalue weighted by Gasteiger charge is 2.32. The number of hydrogen-bond donors (Lipinski definition) is 2. The van der Waals surface area contributed by atoms with Crippen LogP contribution in [0.4, 0.5) is 19.1 Å². The molecule has 0 atom stereocenters. The Kier molecular flexibility index (Phi) is 3.75. The Hall–Kier alpha value is -3.16. The SMILES string of the molecule is Cc1ccc2[nH]c3nc(NCc4ccccc4C(F)(F)F)nnc3c2c1. The third-order valence-corrected chi connectivity index (χ3v) is 4.13. The van der Waals surface area contributed by atoms with Crippen molar-refractivity contribution in [2.24, 2.45) is 0 Å². The monoisotopic (exact) mass is 357 g/mol. The molecule has 0 spiro atoms. The van der Waals surface area contributed by atoms with Crippen molar-refractivity contribution in [1.82, 2.24) is 20.2 Å². The minimum atomic E-state index is -4.41. The summed E-state index contributed by atoms with van der Waals surface area (Å²) in [6.07, 6.45) is -4.41. The topological polar surface area (TPSA) is 66.5 Å². The van der Waals surface area contributed by atoms with Crippen LogP contribution in [-0.4, -0.2) is 20.2 Å². The summed E-state index contributed by atoms with van der Waals surface area (Å²) >= 11 is 0. The molecule has 0 radical (unpaired) electrons. The number of nitrogens with zero attached hydrogens (tertiary/aromatic N) is 3. The van der Waals surface area contributed by atoms with Gasteiger partial charge in [-0.05, 0) is 30.7 Å². The van der Waals surface area contributed by atoms with E-state index in [4.69, 9.17) is 0 Å². The summed E-state index contributed by atoms with van der Waals surface area (Å²) in [5.74, 6) is 0.165. The molecule has 2 N–H and O–H groups in total. The van der Waals surface area contributed by atoms with Gasteiger partial charge in [0, 0.05) is 17.4 Å². The molecule has 2 aromatic heterocycles. The molecule has 132 valence electrons. The highest BCUT2D eigenvalue weighted by molar-refractivity contribution is 6.03. The van der Waals surface area contributed by atoms with Crippen LogP contribution in [0.15, 0.2) is 42.5 Å². The number of anilines is 1. The number of halogens is 3. The van der Waals surface area contributed by atoms with Crippen LogP contribution in [0.2, 0.25) is 0 Å². The Morgan fingerprint density at radius 1 is 1.08 bits per heavy atom. The molecule has 4 rings (SSSR count). The molecule has 0 amide bonds. The normalized spacial score (nSPS) is 12.0. The quantitative estimate of drug-likeness (QED) is 0.569. The number of rotatable bonds is 3. The van der Waals surface area contributed by atoms with E-state index in [0.29, 0.717) is 11.2 Å². The van der Waals surface area contributed by atoms with E-state index in [1.54, 1.807) is 6.07 Å². The molecule has 2 heterocycles. The smallest absolute Gasteiger partial charge is 0.349 e. The first-order valence-corrected chi connectivity index (χ1v) is 7.93. The summed E-state index contributed by atoms with van der Waals surface area (Å²) in [6, 6.07) is 11.3. The lowest BCUT2D eigenvalue weighted by Crippen LogP contribution is -2.12. The molecule has 2 aromatic carbocycles. The molecular weight excluding hydrogens is 343 g/mol. The first kappa shape index (κ1) is 16.3. The van der Waals surface area contributed by atoms with Crippen molar-refractivity contribution in [2.75, 3.05) is 5.32 Å². The molecule has 0 fully saturated rings. The summed E-state index contributed by atoms with van der Waals surface area (Å²) in [7, 11) is 0. The zero-order valence-corrected chi connectivity index (χ0v) is 13.7. The van der Waals surface area contributed by atoms with E-state index in [1.165, 1.54) is 12.1 Å². The average Bonchev–Trinajstić information content (AvgIpc) is 2.96. The molecule has 0 aliphatic heterocycles. The van der Waals surface area contributed by atoms with Gasteiger partial charge in [0.25, 0.3) is 0 Å². The van der Waals surface area contributed by atoms with Crippen molar-refractivity contribution >= 4 is 28.0 Å². The van der Waals surface area contributed by atoms with Crippen LogP contribution in [-0.2, 0) is 12.7 Å². The van der Waals surface area contributed by atoms with Crippen molar-refractivity contribution in [3.8, 4) is 0 Å². The third-order valence-electron chi connectivity index (χ3n) is 4.13. The van der Waals surface area contributed by atoms with Crippen LogP contribution >= 0.6 is 0 Å². The number of aromatic amines is 1. The largest absolute Gasteiger partial charge is 0.416 e. The second kappa shape index (κ2) is 5.98. The number of nitrogens with one attached hydrogen (secondary N) is 2. The summed E-state index contributed by atoms with van der Waals surface area (Å²) < 4.78 is 39.2. The summed E-state index contributed by atoms with van der Waals surface area (Å²) in [4.78, 5) is 7.47. The van der Waals surface area contributed by atoms with E-state index in [9.17, 15) is 13.2 Å². The van der Waals surface area contributed by atoms with E-state index < -0.39 is 11.7 Å². The number of aryl methyl sites for hydroxylation is 1. The maximum absolute atomic E-state index is 13.1. The molecule has 0 aliphatic rings. The van der Waals surface area contributed by atoms with E-state index in [0.717, 1.165) is 22.5 Å². The Labute approximate surface area is 146 Å². The predicted molar refractivity (Wildman–Crippen MR) is 92.7 cm³/mol. The summed E-state index contributed by atoms with van der Waals surface area (Å²) in [5, 5.41) is 11.9. The van der Waals surface area contributed by atoms with Gasteiger partial charge in [0.1, 0.15) is 5.52 Å². The number of hydrogen-bond acceptors (Lipinski definition) is 4. The van der Waals surface area contributed by atoms with Gasteiger partial charge in [0.2, 0.25) is 5.95 Å². The molecule has 0 aliphatic carbocycles. The summed E-state index contributed by atoms with van der Waals surface area (Å²) in [6.45, 7) is 1.93. The fourth-order valence-electron chi connectivity index (χ4n) is 2.89. The first-order chi connectivity index (χ1) is 12.4. The number of alkyl halides is 3. The van der Waals surface area contributed by atoms with Crippen molar-refractivity contribution in [2.45, 2.75) is 19.6 Å². The molecule has 0 saturated heterocycles. The van der Waals surface area contributed by atoms with Crippen molar-refractivity contribution in [3.63, 3.8) is 0 Å². The van der Waals surface area contributed by atoms with Crippen LogP contribution in [0.3, 0.4) is 0 Å². The van der Waals surface area contributed by atoms with E-state index in [2.05, 4.69) is 25.5 Å². The molecule has 5 nitrogen and oxygen atoms in total. The Morgan fingerprint density at radius 2 is 1.88 bits per heavy atom. The highest BCUT2D eigenvalue weighted by Crippen LogP contribution is 2.32. The zero-order valence-electron chi connectivity index (χ0n) is 13.7. The lowest BCUT2D eigenvalue weighted by atomic mass is 10.1. The van der Waals surface area contributed by atoms with Gasteiger partial charge < -0.3 is 10.3 Å². The standard InChI is InChI=1S/C18H14F3N5/c1-10-6-7-14-12(8-10)15-16(23-14)24-17(26-25-15)22-9-11-4-2-3-5-13(11)18(19,20)21/h2-8H,9H2,1H3,(H2,22,23,24,26). The molecule has 8 heteroatoms. The molecular formula is C18H14F3N5. The molecule has 0 unspecified atom stereocenters. The minimum absolute atomic E-state index is 0.0534. The number of aromatic nitrogens is 4. The van der Waals surface area contributed by atoms with E-state index in [-0.39, 0.29) is 18.1 Å². The maximum Gasteiger partial charge on any atom is 0.416 e. The van der Waals surface area contributed by atoms with E-state index in [1.807, 2.05) is 25.1 Å². The maximum atomic E-state index is 13.1. The van der Waals surface area contributed by atoms with Crippen LogP contribution in [0.1, 0.15) is 16.7 Å². The molecule has 0 saturated carbocycles. The Balaban J connectivity index is 1.64. The van der Waals surface area contributed by atoms with Gasteiger partial charge in [0.05, 0.1) is 5.56 Å². The van der Waals surface area contributed by atoms with Crippen molar-refractivity contribution in [1.29, 1.82) is 0 Å². The van der Waals surface area contributed by atoms with Gasteiger partial charge in [-0.3, -0.25) is 0 Å². The van der Waals surface area contributed by atoms with Gasteiger partial charge in [-0.15, -0.1) is 10.2 Å². The number of fused-ring (bicyclic) bond motifs is 3. The lowest BCUT2D eigenvalue weighted by molar-refractivity contribution is -0.138. The van der Waals surface area contributed by atoms with Gasteiger partial charge in [0.15, 0.2) is 5.65 Å². The first-order valence-electron chi connectivity index (χ1n) is 7.93. The van der Waals surface area contributed by atoms with Gasteiger partial charge in [-0.2, -0.15) is 18.2 Å². The van der Waals surface area contributed by atoms with Gasteiger partial charge in [-0.1, -0.05) is 29.8 Å². The van der Waals surface area contributed by atoms with Crippen LogP contribution < -0.4 is 5.32 Å². The Bertz CT molecular complexity index is 1100. The van der Waals surface area contributed by atoms with Crippen LogP contribution in [0.25, 0.3) is 22.1 Å².